The summed E-state index contributed by atoms with van der Waals surface area (Å²) in [6, 6.07) is 20.4. The van der Waals surface area contributed by atoms with Crippen molar-refractivity contribution in [3.8, 4) is 11.5 Å². The fourth-order valence-corrected chi connectivity index (χ4v) is 3.27. The second-order valence-corrected chi connectivity index (χ2v) is 7.98. The van der Waals surface area contributed by atoms with Crippen molar-refractivity contribution in [3.05, 3.63) is 78.4 Å². The van der Waals surface area contributed by atoms with Crippen LogP contribution in [0.15, 0.2) is 72.8 Å². The summed E-state index contributed by atoms with van der Waals surface area (Å²) in [5, 5.41) is 11.1. The van der Waals surface area contributed by atoms with Crippen LogP contribution in [0.5, 0.6) is 11.5 Å². The van der Waals surface area contributed by atoms with Gasteiger partial charge in [-0.15, -0.1) is 0 Å². The smallest absolute Gasteiger partial charge is 0.319 e. The lowest BCUT2D eigenvalue weighted by Gasteiger charge is -2.12. The summed E-state index contributed by atoms with van der Waals surface area (Å²) in [5.41, 5.74) is 1.91. The molecule has 35 heavy (non-hydrogen) atoms. The number of urea groups is 1. The average molecular weight is 475 g/mol. The summed E-state index contributed by atoms with van der Waals surface area (Å²) in [6.45, 7) is -0.203. The van der Waals surface area contributed by atoms with Crippen molar-refractivity contribution in [1.29, 1.82) is 0 Å². The van der Waals surface area contributed by atoms with Crippen molar-refractivity contribution < 1.29 is 23.9 Å². The molecule has 0 aromatic heterocycles. The summed E-state index contributed by atoms with van der Waals surface area (Å²) < 4.78 is 10.7. The van der Waals surface area contributed by atoms with Gasteiger partial charge in [0.1, 0.15) is 0 Å². The molecular weight excluding hydrogens is 448 g/mol. The Morgan fingerprint density at radius 2 is 1.46 bits per heavy atom. The van der Waals surface area contributed by atoms with Crippen LogP contribution < -0.4 is 30.7 Å². The van der Waals surface area contributed by atoms with Crippen LogP contribution in [0.4, 0.5) is 21.9 Å². The Bertz CT molecular complexity index is 1230. The van der Waals surface area contributed by atoms with E-state index in [1.54, 1.807) is 66.7 Å². The van der Waals surface area contributed by atoms with E-state index in [9.17, 15) is 14.4 Å². The molecule has 4 amide bonds. The maximum atomic E-state index is 12.7. The summed E-state index contributed by atoms with van der Waals surface area (Å²) in [5.74, 6) is 0.294. The molecule has 0 saturated heterocycles. The molecule has 0 unspecified atom stereocenters. The van der Waals surface area contributed by atoms with Crippen LogP contribution in [-0.2, 0) is 4.79 Å². The van der Waals surface area contributed by atoms with Gasteiger partial charge in [-0.3, -0.25) is 9.59 Å². The van der Waals surface area contributed by atoms with Crippen molar-refractivity contribution in [2.24, 2.45) is 0 Å². The van der Waals surface area contributed by atoms with Gasteiger partial charge in [-0.05, 0) is 61.4 Å². The molecule has 3 aromatic rings. The molecule has 9 heteroatoms. The molecule has 4 rings (SSSR count). The Labute approximate surface area is 202 Å². The largest absolute Gasteiger partial charge is 0.493 e. The van der Waals surface area contributed by atoms with Gasteiger partial charge in [-0.1, -0.05) is 24.3 Å². The zero-order valence-electron chi connectivity index (χ0n) is 19.2. The zero-order chi connectivity index (χ0) is 24.6. The molecule has 3 aromatic carbocycles. The Morgan fingerprint density at radius 3 is 2.17 bits per heavy atom. The van der Waals surface area contributed by atoms with Gasteiger partial charge in [-0.25, -0.2) is 4.79 Å². The second-order valence-electron chi connectivity index (χ2n) is 7.98. The Morgan fingerprint density at radius 1 is 0.800 bits per heavy atom. The normalized spacial score (nSPS) is 12.3. The van der Waals surface area contributed by atoms with E-state index in [1.165, 1.54) is 7.11 Å². The number of benzene rings is 3. The fraction of sp³-hybridized carbons (Fsp3) is 0.192. The first-order valence-corrected chi connectivity index (χ1v) is 11.1. The van der Waals surface area contributed by atoms with Gasteiger partial charge in [-0.2, -0.15) is 0 Å². The minimum Gasteiger partial charge on any atom is -0.493 e. The summed E-state index contributed by atoms with van der Waals surface area (Å²) in [7, 11) is 1.53. The number of hydrogen-bond acceptors (Lipinski definition) is 5. The van der Waals surface area contributed by atoms with Crippen LogP contribution in [0.1, 0.15) is 23.2 Å². The van der Waals surface area contributed by atoms with Crippen LogP contribution in [0.3, 0.4) is 0 Å². The molecule has 0 spiro atoms. The maximum Gasteiger partial charge on any atom is 0.319 e. The number of carbonyl (C=O) groups is 3. The van der Waals surface area contributed by atoms with Gasteiger partial charge in [0.2, 0.25) is 0 Å². The van der Waals surface area contributed by atoms with Crippen LogP contribution in [0, 0.1) is 0 Å². The Kier molecular flexibility index (Phi) is 7.47. The highest BCUT2D eigenvalue weighted by molar-refractivity contribution is 6.05. The van der Waals surface area contributed by atoms with Gasteiger partial charge in [0.25, 0.3) is 11.8 Å². The average Bonchev–Trinajstić information content (AvgIpc) is 3.67. The number of methoxy groups -OCH3 is 1. The van der Waals surface area contributed by atoms with Gasteiger partial charge in [0.05, 0.1) is 7.11 Å². The minimum atomic E-state index is -0.359. The quantitative estimate of drug-likeness (QED) is 0.370. The lowest BCUT2D eigenvalue weighted by Crippen LogP contribution is -2.30. The monoisotopic (exact) mass is 474 g/mol. The van der Waals surface area contributed by atoms with E-state index in [1.807, 2.05) is 6.07 Å². The van der Waals surface area contributed by atoms with Crippen molar-refractivity contribution in [3.63, 3.8) is 0 Å². The Hall–Kier alpha value is -4.53. The van der Waals surface area contributed by atoms with Gasteiger partial charge in [0, 0.05) is 28.7 Å². The standard InChI is InChI=1S/C26H26N4O5/c1-34-22-10-2-3-11-23(22)35-16-24(31)27-20-8-5-9-21(15-20)28-25(32)17-6-4-7-19(14-17)30-26(33)29-18-12-13-18/h2-11,14-15,18H,12-13,16H2,1H3,(H,27,31)(H,28,32)(H2,29,30,33). The predicted molar refractivity (Wildman–Crippen MR) is 133 cm³/mol. The van der Waals surface area contributed by atoms with Gasteiger partial charge < -0.3 is 30.7 Å². The number of ether oxygens (including phenoxy) is 2. The van der Waals surface area contributed by atoms with E-state index in [2.05, 4.69) is 21.3 Å². The number of para-hydroxylation sites is 2. The van der Waals surface area contributed by atoms with E-state index in [0.717, 1.165) is 12.8 Å². The van der Waals surface area contributed by atoms with E-state index in [-0.39, 0.29) is 30.5 Å². The molecule has 4 N–H and O–H groups in total. The van der Waals surface area contributed by atoms with Crippen molar-refractivity contribution in [2.45, 2.75) is 18.9 Å². The molecular formula is C26H26N4O5. The first-order valence-electron chi connectivity index (χ1n) is 11.1. The Balaban J connectivity index is 1.32. The number of anilines is 3. The molecule has 1 aliphatic carbocycles. The second kappa shape index (κ2) is 11.1. The third-order valence-electron chi connectivity index (χ3n) is 5.13. The van der Waals surface area contributed by atoms with E-state index in [4.69, 9.17) is 9.47 Å². The lowest BCUT2D eigenvalue weighted by molar-refractivity contribution is -0.118. The van der Waals surface area contributed by atoms with Gasteiger partial charge >= 0.3 is 6.03 Å². The van der Waals surface area contributed by atoms with Crippen molar-refractivity contribution in [1.82, 2.24) is 5.32 Å². The molecule has 1 saturated carbocycles. The number of hydrogen-bond donors (Lipinski definition) is 4. The topological polar surface area (TPSA) is 118 Å². The van der Waals surface area contributed by atoms with Crippen LogP contribution in [-0.4, -0.2) is 37.6 Å². The SMILES string of the molecule is COc1ccccc1OCC(=O)Nc1cccc(NC(=O)c2cccc(NC(=O)NC3CC3)c2)c1. The minimum absolute atomic E-state index is 0.203. The number of nitrogens with one attached hydrogen (secondary N) is 4. The number of amides is 4. The fourth-order valence-electron chi connectivity index (χ4n) is 3.27. The molecule has 0 radical (unpaired) electrons. The molecule has 9 nitrogen and oxygen atoms in total. The first kappa shape index (κ1) is 23.6. The number of rotatable bonds is 9. The molecule has 180 valence electrons. The van der Waals surface area contributed by atoms with Crippen LogP contribution >= 0.6 is 0 Å². The molecule has 1 aliphatic rings. The third kappa shape index (κ3) is 6.97. The van der Waals surface area contributed by atoms with E-state index in [0.29, 0.717) is 34.1 Å². The summed E-state index contributed by atoms with van der Waals surface area (Å²) in [6.07, 6.45) is 1.98. The van der Waals surface area contributed by atoms with Crippen molar-refractivity contribution in [2.75, 3.05) is 29.7 Å². The lowest BCUT2D eigenvalue weighted by atomic mass is 10.1. The van der Waals surface area contributed by atoms with E-state index >= 15 is 0 Å². The number of carbonyl (C=O) groups excluding carboxylic acids is 3. The molecule has 0 atom stereocenters. The van der Waals surface area contributed by atoms with Gasteiger partial charge in [0.15, 0.2) is 18.1 Å². The summed E-state index contributed by atoms with van der Waals surface area (Å²) in [4.78, 5) is 37.0. The highest BCUT2D eigenvalue weighted by atomic mass is 16.5. The van der Waals surface area contributed by atoms with Crippen LogP contribution in [0.25, 0.3) is 0 Å². The highest BCUT2D eigenvalue weighted by Crippen LogP contribution is 2.26. The summed E-state index contributed by atoms with van der Waals surface area (Å²) >= 11 is 0. The molecule has 0 bridgehead atoms. The zero-order valence-corrected chi connectivity index (χ0v) is 19.2. The highest BCUT2D eigenvalue weighted by Gasteiger charge is 2.23. The van der Waals surface area contributed by atoms with Crippen molar-refractivity contribution >= 4 is 34.9 Å². The van der Waals surface area contributed by atoms with Crippen LogP contribution in [0.2, 0.25) is 0 Å². The molecule has 0 heterocycles. The predicted octanol–water partition coefficient (Wildman–Crippen LogP) is 4.25. The third-order valence-corrected chi connectivity index (χ3v) is 5.13. The molecule has 0 aliphatic heterocycles. The first-order chi connectivity index (χ1) is 17.0. The molecule has 1 fully saturated rings. The van der Waals surface area contributed by atoms with E-state index < -0.39 is 0 Å². The maximum absolute atomic E-state index is 12.7.